The SMILES string of the molecule is Cc1ccc(NC(=O)Cc2n[nH]c(=S)n2C)c(C)c1. The summed E-state index contributed by atoms with van der Waals surface area (Å²) in [6, 6.07) is 5.91. The lowest BCUT2D eigenvalue weighted by Crippen LogP contribution is -2.17. The van der Waals surface area contributed by atoms with Crippen LogP contribution in [-0.2, 0) is 18.3 Å². The van der Waals surface area contributed by atoms with E-state index in [1.807, 2.05) is 32.0 Å². The average molecular weight is 276 g/mol. The Balaban J connectivity index is 2.09. The second-order valence-corrected chi connectivity index (χ2v) is 4.93. The Morgan fingerprint density at radius 2 is 2.21 bits per heavy atom. The third-order valence-corrected chi connectivity index (χ3v) is 3.31. The van der Waals surface area contributed by atoms with Gasteiger partial charge in [0.25, 0.3) is 0 Å². The van der Waals surface area contributed by atoms with Crippen LogP contribution in [0.2, 0.25) is 0 Å². The fourth-order valence-corrected chi connectivity index (χ4v) is 1.98. The number of amides is 1. The molecule has 1 amide bonds. The summed E-state index contributed by atoms with van der Waals surface area (Å²) in [6.45, 7) is 3.99. The quantitative estimate of drug-likeness (QED) is 0.845. The van der Waals surface area contributed by atoms with Crippen LogP contribution in [0.3, 0.4) is 0 Å². The predicted octanol–water partition coefficient (Wildman–Crippen LogP) is 2.28. The van der Waals surface area contributed by atoms with Gasteiger partial charge in [-0.3, -0.25) is 9.89 Å². The molecule has 19 heavy (non-hydrogen) atoms. The number of aromatic amines is 1. The van der Waals surface area contributed by atoms with Crippen LogP contribution >= 0.6 is 12.2 Å². The van der Waals surface area contributed by atoms with Crippen LogP contribution in [0.1, 0.15) is 17.0 Å². The van der Waals surface area contributed by atoms with Crippen molar-refractivity contribution >= 4 is 23.8 Å². The highest BCUT2D eigenvalue weighted by Crippen LogP contribution is 2.16. The first-order valence-corrected chi connectivity index (χ1v) is 6.35. The average Bonchev–Trinajstić information content (AvgIpc) is 2.65. The zero-order valence-corrected chi connectivity index (χ0v) is 12.0. The van der Waals surface area contributed by atoms with Crippen LogP contribution in [0, 0.1) is 18.6 Å². The second-order valence-electron chi connectivity index (χ2n) is 4.55. The predicted molar refractivity (Wildman–Crippen MR) is 76.6 cm³/mol. The van der Waals surface area contributed by atoms with E-state index < -0.39 is 0 Å². The van der Waals surface area contributed by atoms with Crippen molar-refractivity contribution in [3.8, 4) is 0 Å². The fraction of sp³-hybridized carbons (Fsp3) is 0.308. The summed E-state index contributed by atoms with van der Waals surface area (Å²) in [5.74, 6) is 0.510. The van der Waals surface area contributed by atoms with Gasteiger partial charge in [-0.15, -0.1) is 0 Å². The molecule has 2 N–H and O–H groups in total. The van der Waals surface area contributed by atoms with Crippen molar-refractivity contribution in [1.82, 2.24) is 14.8 Å². The summed E-state index contributed by atoms with van der Waals surface area (Å²) in [7, 11) is 1.78. The minimum atomic E-state index is -0.107. The number of hydrogen-bond donors (Lipinski definition) is 2. The van der Waals surface area contributed by atoms with Crippen molar-refractivity contribution in [1.29, 1.82) is 0 Å². The maximum absolute atomic E-state index is 12.0. The Hall–Kier alpha value is -1.95. The van der Waals surface area contributed by atoms with Gasteiger partial charge in [-0.1, -0.05) is 17.7 Å². The molecule has 0 radical (unpaired) electrons. The number of nitrogens with zero attached hydrogens (tertiary/aromatic N) is 2. The van der Waals surface area contributed by atoms with Crippen LogP contribution in [0.4, 0.5) is 5.69 Å². The number of carbonyl (C=O) groups is 1. The molecule has 6 heteroatoms. The first kappa shape index (κ1) is 13.5. The van der Waals surface area contributed by atoms with Crippen LogP contribution in [-0.4, -0.2) is 20.7 Å². The highest BCUT2D eigenvalue weighted by atomic mass is 32.1. The number of benzene rings is 1. The van der Waals surface area contributed by atoms with E-state index >= 15 is 0 Å². The van der Waals surface area contributed by atoms with Gasteiger partial charge in [0, 0.05) is 12.7 Å². The molecule has 0 bridgehead atoms. The molecule has 0 atom stereocenters. The molecular weight excluding hydrogens is 260 g/mol. The van der Waals surface area contributed by atoms with E-state index in [1.165, 1.54) is 5.56 Å². The highest BCUT2D eigenvalue weighted by Gasteiger charge is 2.10. The molecule has 1 heterocycles. The molecule has 1 aromatic carbocycles. The molecule has 0 saturated heterocycles. The van der Waals surface area contributed by atoms with E-state index in [1.54, 1.807) is 11.6 Å². The van der Waals surface area contributed by atoms with Gasteiger partial charge >= 0.3 is 0 Å². The summed E-state index contributed by atoms with van der Waals surface area (Å²) in [5.41, 5.74) is 3.04. The van der Waals surface area contributed by atoms with Gasteiger partial charge in [0.1, 0.15) is 5.82 Å². The number of rotatable bonds is 3. The summed E-state index contributed by atoms with van der Waals surface area (Å²) < 4.78 is 2.20. The van der Waals surface area contributed by atoms with Crippen LogP contribution in [0.5, 0.6) is 0 Å². The lowest BCUT2D eigenvalue weighted by Gasteiger charge is -2.08. The smallest absolute Gasteiger partial charge is 0.232 e. The van der Waals surface area contributed by atoms with Gasteiger partial charge in [-0.2, -0.15) is 5.10 Å². The third-order valence-electron chi connectivity index (χ3n) is 2.95. The normalized spacial score (nSPS) is 10.5. The second kappa shape index (κ2) is 5.36. The van der Waals surface area contributed by atoms with Crippen molar-refractivity contribution in [2.75, 3.05) is 5.32 Å². The zero-order chi connectivity index (χ0) is 14.0. The maximum Gasteiger partial charge on any atom is 0.232 e. The molecule has 0 saturated carbocycles. The molecule has 2 rings (SSSR count). The molecular formula is C13H16N4OS. The molecule has 1 aromatic heterocycles. The lowest BCUT2D eigenvalue weighted by atomic mass is 10.1. The number of hydrogen-bond acceptors (Lipinski definition) is 3. The van der Waals surface area contributed by atoms with E-state index in [9.17, 15) is 4.79 Å². The van der Waals surface area contributed by atoms with Gasteiger partial charge < -0.3 is 9.88 Å². The third kappa shape index (κ3) is 3.08. The van der Waals surface area contributed by atoms with E-state index in [0.29, 0.717) is 10.6 Å². The van der Waals surface area contributed by atoms with Crippen molar-refractivity contribution in [2.24, 2.45) is 7.05 Å². The first-order valence-electron chi connectivity index (χ1n) is 5.95. The number of nitrogens with one attached hydrogen (secondary N) is 2. The number of aryl methyl sites for hydroxylation is 2. The molecule has 2 aromatic rings. The maximum atomic E-state index is 12.0. The van der Waals surface area contributed by atoms with Gasteiger partial charge in [-0.25, -0.2) is 0 Å². The number of anilines is 1. The van der Waals surface area contributed by atoms with E-state index in [2.05, 4.69) is 15.5 Å². The van der Waals surface area contributed by atoms with E-state index in [0.717, 1.165) is 11.3 Å². The number of aromatic nitrogens is 3. The van der Waals surface area contributed by atoms with Crippen molar-refractivity contribution in [3.05, 3.63) is 39.9 Å². The molecule has 0 aliphatic rings. The van der Waals surface area contributed by atoms with Crippen LogP contribution in [0.15, 0.2) is 18.2 Å². The summed E-state index contributed by atoms with van der Waals surface area (Å²) in [4.78, 5) is 12.0. The largest absolute Gasteiger partial charge is 0.325 e. The first-order chi connectivity index (χ1) is 8.97. The highest BCUT2D eigenvalue weighted by molar-refractivity contribution is 7.71. The summed E-state index contributed by atoms with van der Waals surface area (Å²) >= 11 is 5.00. The van der Waals surface area contributed by atoms with Crippen LogP contribution in [0.25, 0.3) is 0 Å². The van der Waals surface area contributed by atoms with Crippen molar-refractivity contribution in [2.45, 2.75) is 20.3 Å². The fourth-order valence-electron chi connectivity index (χ4n) is 1.83. The Morgan fingerprint density at radius 1 is 1.47 bits per heavy atom. The zero-order valence-electron chi connectivity index (χ0n) is 11.2. The number of H-pyrrole nitrogens is 1. The van der Waals surface area contributed by atoms with Crippen LogP contribution < -0.4 is 5.32 Å². The monoisotopic (exact) mass is 276 g/mol. The Kier molecular flexibility index (Phi) is 3.80. The molecule has 0 spiro atoms. The Bertz CT molecular complexity index is 672. The van der Waals surface area contributed by atoms with Gasteiger partial charge in [-0.05, 0) is 37.7 Å². The summed E-state index contributed by atoms with van der Waals surface area (Å²) in [6.07, 6.45) is 0.191. The lowest BCUT2D eigenvalue weighted by molar-refractivity contribution is -0.115. The Morgan fingerprint density at radius 3 is 2.79 bits per heavy atom. The molecule has 5 nitrogen and oxygen atoms in total. The summed E-state index contributed by atoms with van der Waals surface area (Å²) in [5, 5.41) is 9.56. The van der Waals surface area contributed by atoms with E-state index in [4.69, 9.17) is 12.2 Å². The molecule has 0 unspecified atom stereocenters. The van der Waals surface area contributed by atoms with Gasteiger partial charge in [0.05, 0.1) is 6.42 Å². The molecule has 0 fully saturated rings. The molecule has 0 aliphatic carbocycles. The van der Waals surface area contributed by atoms with Gasteiger partial charge in [0.15, 0.2) is 4.77 Å². The Labute approximate surface area is 116 Å². The van der Waals surface area contributed by atoms with E-state index in [-0.39, 0.29) is 12.3 Å². The standard InChI is InChI=1S/C13H16N4OS/c1-8-4-5-10(9(2)6-8)14-12(18)7-11-15-16-13(19)17(11)3/h4-6H,7H2,1-3H3,(H,14,18)(H,16,19). The van der Waals surface area contributed by atoms with Crippen molar-refractivity contribution in [3.63, 3.8) is 0 Å². The number of carbonyl (C=O) groups excluding carboxylic acids is 1. The molecule has 0 aliphatic heterocycles. The van der Waals surface area contributed by atoms with Gasteiger partial charge in [0.2, 0.25) is 5.91 Å². The minimum absolute atomic E-state index is 0.107. The molecule has 100 valence electrons. The topological polar surface area (TPSA) is 62.7 Å². The van der Waals surface area contributed by atoms with Crippen molar-refractivity contribution < 1.29 is 4.79 Å². The minimum Gasteiger partial charge on any atom is -0.325 e.